The molecule has 1 rings (SSSR count). The van der Waals surface area contributed by atoms with Crippen LogP contribution < -0.4 is 11.1 Å². The van der Waals surface area contributed by atoms with E-state index in [1.807, 2.05) is 30.3 Å². The van der Waals surface area contributed by atoms with Crippen LogP contribution in [0.1, 0.15) is 5.56 Å². The number of benzene rings is 1. The van der Waals surface area contributed by atoms with Gasteiger partial charge in [-0.3, -0.25) is 4.79 Å². The van der Waals surface area contributed by atoms with Crippen molar-refractivity contribution in [1.29, 1.82) is 0 Å². The minimum absolute atomic E-state index is 0.0984. The first kappa shape index (κ1) is 15.0. The molecule has 1 atom stereocenters. The Kier molecular flexibility index (Phi) is 6.38. The van der Waals surface area contributed by atoms with E-state index in [1.165, 1.54) is 0 Å². The van der Waals surface area contributed by atoms with Crippen LogP contribution in [0.5, 0.6) is 0 Å². The third-order valence-corrected chi connectivity index (χ3v) is 2.68. The van der Waals surface area contributed by atoms with Gasteiger partial charge in [-0.25, -0.2) is 0 Å². The summed E-state index contributed by atoms with van der Waals surface area (Å²) in [5.41, 5.74) is 6.52. The maximum atomic E-state index is 12.0. The average molecular weight is 265 g/mol. The summed E-state index contributed by atoms with van der Waals surface area (Å²) in [6.07, 6.45) is 0.384. The lowest BCUT2D eigenvalue weighted by molar-refractivity contribution is -0.123. The standard InChI is InChI=1S/C13H19N3O3/c1-19-8-7-15-13(17)11(12(14)16-18)9-10-5-3-2-4-6-10/h2-6,11,18H,7-9H2,1H3,(H2,14,16)(H,15,17). The Morgan fingerprint density at radius 1 is 1.47 bits per heavy atom. The van der Waals surface area contributed by atoms with Gasteiger partial charge in [-0.15, -0.1) is 0 Å². The van der Waals surface area contributed by atoms with Crippen LogP contribution in [0.15, 0.2) is 35.5 Å². The van der Waals surface area contributed by atoms with Gasteiger partial charge in [-0.2, -0.15) is 0 Å². The van der Waals surface area contributed by atoms with Crippen molar-refractivity contribution in [2.24, 2.45) is 16.8 Å². The summed E-state index contributed by atoms with van der Waals surface area (Å²) in [7, 11) is 1.55. The molecule has 0 bridgehead atoms. The number of methoxy groups -OCH3 is 1. The van der Waals surface area contributed by atoms with Crippen molar-refractivity contribution in [3.8, 4) is 0 Å². The van der Waals surface area contributed by atoms with Gasteiger partial charge >= 0.3 is 0 Å². The molecule has 1 aromatic rings. The van der Waals surface area contributed by atoms with E-state index >= 15 is 0 Å². The number of amidine groups is 1. The van der Waals surface area contributed by atoms with Gasteiger partial charge in [0.1, 0.15) is 5.92 Å². The molecule has 0 aromatic heterocycles. The van der Waals surface area contributed by atoms with Crippen molar-refractivity contribution in [3.05, 3.63) is 35.9 Å². The number of carbonyl (C=O) groups excluding carboxylic acids is 1. The molecule has 0 aliphatic heterocycles. The Bertz CT molecular complexity index is 420. The van der Waals surface area contributed by atoms with Crippen molar-refractivity contribution in [2.45, 2.75) is 6.42 Å². The number of amides is 1. The van der Waals surface area contributed by atoms with Gasteiger partial charge in [0.2, 0.25) is 5.91 Å². The molecule has 0 heterocycles. The minimum Gasteiger partial charge on any atom is -0.409 e. The van der Waals surface area contributed by atoms with Crippen LogP contribution in [-0.4, -0.2) is 37.2 Å². The summed E-state index contributed by atoms with van der Waals surface area (Å²) in [6, 6.07) is 9.42. The van der Waals surface area contributed by atoms with Crippen molar-refractivity contribution < 1.29 is 14.7 Å². The number of hydrogen-bond donors (Lipinski definition) is 3. The topological polar surface area (TPSA) is 96.9 Å². The fourth-order valence-corrected chi connectivity index (χ4v) is 1.65. The van der Waals surface area contributed by atoms with E-state index in [0.29, 0.717) is 19.6 Å². The van der Waals surface area contributed by atoms with Gasteiger partial charge in [0.05, 0.1) is 6.61 Å². The lowest BCUT2D eigenvalue weighted by Gasteiger charge is -2.15. The fraction of sp³-hybridized carbons (Fsp3) is 0.385. The van der Waals surface area contributed by atoms with Crippen molar-refractivity contribution in [3.63, 3.8) is 0 Å². The van der Waals surface area contributed by atoms with E-state index in [4.69, 9.17) is 15.7 Å². The van der Waals surface area contributed by atoms with Gasteiger partial charge in [-0.1, -0.05) is 35.5 Å². The number of nitrogens with zero attached hydrogens (tertiary/aromatic N) is 1. The Hall–Kier alpha value is -2.08. The van der Waals surface area contributed by atoms with E-state index in [-0.39, 0.29) is 11.7 Å². The Labute approximate surface area is 112 Å². The lowest BCUT2D eigenvalue weighted by Crippen LogP contribution is -2.41. The highest BCUT2D eigenvalue weighted by molar-refractivity contribution is 6.02. The maximum absolute atomic E-state index is 12.0. The summed E-state index contributed by atoms with van der Waals surface area (Å²) in [5, 5.41) is 14.4. The first-order valence-corrected chi connectivity index (χ1v) is 5.97. The second-order valence-electron chi connectivity index (χ2n) is 4.05. The second kappa shape index (κ2) is 8.10. The predicted molar refractivity (Wildman–Crippen MR) is 71.9 cm³/mol. The number of nitrogens with two attached hydrogens (primary N) is 1. The quantitative estimate of drug-likeness (QED) is 0.218. The zero-order valence-electron chi connectivity index (χ0n) is 10.9. The number of rotatable bonds is 7. The monoisotopic (exact) mass is 265 g/mol. The first-order valence-electron chi connectivity index (χ1n) is 5.97. The van der Waals surface area contributed by atoms with Gasteiger partial charge in [0.15, 0.2) is 5.84 Å². The molecule has 6 nitrogen and oxygen atoms in total. The largest absolute Gasteiger partial charge is 0.409 e. The van der Waals surface area contributed by atoms with Gasteiger partial charge in [-0.05, 0) is 12.0 Å². The number of hydrogen-bond acceptors (Lipinski definition) is 4. The molecule has 1 unspecified atom stereocenters. The number of oxime groups is 1. The molecule has 0 fully saturated rings. The Morgan fingerprint density at radius 2 is 2.16 bits per heavy atom. The summed E-state index contributed by atoms with van der Waals surface area (Å²) in [5.74, 6) is -1.07. The number of nitrogens with one attached hydrogen (secondary N) is 1. The maximum Gasteiger partial charge on any atom is 0.231 e. The molecule has 6 heteroatoms. The Morgan fingerprint density at radius 3 is 2.74 bits per heavy atom. The molecule has 1 aromatic carbocycles. The van der Waals surface area contributed by atoms with Crippen LogP contribution in [0.3, 0.4) is 0 Å². The van der Waals surface area contributed by atoms with Crippen LogP contribution in [0.2, 0.25) is 0 Å². The zero-order chi connectivity index (χ0) is 14.1. The molecule has 4 N–H and O–H groups in total. The molecule has 104 valence electrons. The molecule has 1 amide bonds. The number of ether oxygens (including phenoxy) is 1. The van der Waals surface area contributed by atoms with Gasteiger partial charge in [0, 0.05) is 13.7 Å². The van der Waals surface area contributed by atoms with Crippen molar-refractivity contribution in [2.75, 3.05) is 20.3 Å². The molecular weight excluding hydrogens is 246 g/mol. The highest BCUT2D eigenvalue weighted by Crippen LogP contribution is 2.09. The summed E-state index contributed by atoms with van der Waals surface area (Å²) in [4.78, 5) is 12.0. The third kappa shape index (κ3) is 4.97. The SMILES string of the molecule is COCCNC(=O)C(Cc1ccccc1)C(N)=NO. The molecule has 0 aliphatic rings. The van der Waals surface area contributed by atoms with Crippen LogP contribution >= 0.6 is 0 Å². The molecule has 0 aliphatic carbocycles. The van der Waals surface area contributed by atoms with E-state index < -0.39 is 5.92 Å². The Balaban J connectivity index is 2.70. The van der Waals surface area contributed by atoms with Crippen LogP contribution in [0.4, 0.5) is 0 Å². The molecule has 0 saturated heterocycles. The first-order chi connectivity index (χ1) is 9.19. The number of carbonyl (C=O) groups is 1. The van der Waals surface area contributed by atoms with E-state index in [0.717, 1.165) is 5.56 Å². The fourth-order valence-electron chi connectivity index (χ4n) is 1.65. The van der Waals surface area contributed by atoms with E-state index in [2.05, 4.69) is 10.5 Å². The highest BCUT2D eigenvalue weighted by atomic mass is 16.5. The van der Waals surface area contributed by atoms with Crippen LogP contribution in [0.25, 0.3) is 0 Å². The van der Waals surface area contributed by atoms with Crippen molar-refractivity contribution >= 4 is 11.7 Å². The summed E-state index contributed by atoms with van der Waals surface area (Å²) >= 11 is 0. The normalized spacial score (nSPS) is 13.0. The molecule has 0 saturated carbocycles. The molecule has 19 heavy (non-hydrogen) atoms. The summed E-state index contributed by atoms with van der Waals surface area (Å²) in [6.45, 7) is 0.805. The molecule has 0 radical (unpaired) electrons. The van der Waals surface area contributed by atoms with E-state index in [1.54, 1.807) is 7.11 Å². The smallest absolute Gasteiger partial charge is 0.231 e. The van der Waals surface area contributed by atoms with Gasteiger partial charge in [0.25, 0.3) is 0 Å². The zero-order valence-corrected chi connectivity index (χ0v) is 10.9. The average Bonchev–Trinajstić information content (AvgIpc) is 2.45. The van der Waals surface area contributed by atoms with E-state index in [9.17, 15) is 4.79 Å². The minimum atomic E-state index is -0.691. The summed E-state index contributed by atoms with van der Waals surface area (Å²) < 4.78 is 4.85. The van der Waals surface area contributed by atoms with Gasteiger partial charge < -0.3 is 21.0 Å². The van der Waals surface area contributed by atoms with Crippen LogP contribution in [-0.2, 0) is 16.0 Å². The van der Waals surface area contributed by atoms with Crippen molar-refractivity contribution in [1.82, 2.24) is 5.32 Å². The second-order valence-corrected chi connectivity index (χ2v) is 4.05. The lowest BCUT2D eigenvalue weighted by atomic mass is 9.97. The van der Waals surface area contributed by atoms with Crippen LogP contribution in [0, 0.1) is 5.92 Å². The predicted octanol–water partition coefficient (Wildman–Crippen LogP) is 0.354. The highest BCUT2D eigenvalue weighted by Gasteiger charge is 2.23. The molecule has 0 spiro atoms. The third-order valence-electron chi connectivity index (χ3n) is 2.68. The molecular formula is C13H19N3O3.